The van der Waals surface area contributed by atoms with Crippen molar-refractivity contribution in [1.29, 1.82) is 0 Å². The minimum absolute atomic E-state index is 0.135. The second kappa shape index (κ2) is 6.53. The lowest BCUT2D eigenvalue weighted by Crippen LogP contribution is -2.45. The first kappa shape index (κ1) is 13.8. The van der Waals surface area contributed by atoms with Gasteiger partial charge in [-0.15, -0.1) is 0 Å². The van der Waals surface area contributed by atoms with Gasteiger partial charge in [0.05, 0.1) is 5.92 Å². The van der Waals surface area contributed by atoms with Crippen LogP contribution in [0.5, 0.6) is 0 Å². The highest BCUT2D eigenvalue weighted by atomic mass is 16.4. The molecule has 18 heavy (non-hydrogen) atoms. The van der Waals surface area contributed by atoms with Crippen molar-refractivity contribution in [2.24, 2.45) is 5.92 Å². The normalized spacial score (nSPS) is 32.1. The molecule has 2 unspecified atom stereocenters. The Morgan fingerprint density at radius 3 is 2.67 bits per heavy atom. The van der Waals surface area contributed by atoms with Crippen molar-refractivity contribution in [2.45, 2.75) is 45.1 Å². The van der Waals surface area contributed by atoms with E-state index in [0.29, 0.717) is 6.04 Å². The number of rotatable bonds is 3. The predicted octanol–water partition coefficient (Wildman–Crippen LogP) is 1.66. The molecule has 2 aliphatic rings. The summed E-state index contributed by atoms with van der Waals surface area (Å²) in [7, 11) is 0. The summed E-state index contributed by atoms with van der Waals surface area (Å²) < 4.78 is 0. The Kier molecular flexibility index (Phi) is 5.01. The Balaban J connectivity index is 1.88. The number of piperidine rings is 1. The summed E-state index contributed by atoms with van der Waals surface area (Å²) in [5.74, 6) is -0.743. The Bertz CT molecular complexity index is 283. The third-order valence-corrected chi connectivity index (χ3v) is 4.56. The number of aliphatic carboxylic acids is 1. The lowest BCUT2D eigenvalue weighted by atomic mass is 9.95. The first-order valence-electron chi connectivity index (χ1n) is 7.40. The Morgan fingerprint density at radius 1 is 1.17 bits per heavy atom. The molecule has 0 aliphatic carbocycles. The zero-order valence-electron chi connectivity index (χ0n) is 11.5. The maximum absolute atomic E-state index is 11.1. The van der Waals surface area contributed by atoms with Crippen molar-refractivity contribution >= 4 is 5.97 Å². The summed E-state index contributed by atoms with van der Waals surface area (Å²) in [5, 5.41) is 9.16. The highest BCUT2D eigenvalue weighted by molar-refractivity contribution is 5.70. The van der Waals surface area contributed by atoms with Crippen LogP contribution >= 0.6 is 0 Å². The molecule has 0 radical (unpaired) electrons. The molecule has 0 amide bonds. The average molecular weight is 254 g/mol. The van der Waals surface area contributed by atoms with Crippen LogP contribution in [-0.4, -0.2) is 59.6 Å². The van der Waals surface area contributed by atoms with Gasteiger partial charge in [0, 0.05) is 12.6 Å². The summed E-state index contributed by atoms with van der Waals surface area (Å²) in [6.45, 7) is 7.62. The molecule has 4 nitrogen and oxygen atoms in total. The molecule has 0 aromatic rings. The van der Waals surface area contributed by atoms with Crippen LogP contribution in [0.25, 0.3) is 0 Å². The molecule has 0 saturated carbocycles. The van der Waals surface area contributed by atoms with Crippen molar-refractivity contribution in [3.63, 3.8) is 0 Å². The standard InChI is InChI=1S/C14H26N2O2/c1-2-15-8-4-6-13(7-10-15)16-9-3-5-12(11-16)14(17)18/h12-13H,2-11H2,1H3,(H,17,18). The quantitative estimate of drug-likeness (QED) is 0.832. The summed E-state index contributed by atoms with van der Waals surface area (Å²) in [4.78, 5) is 16.1. The number of carboxylic acids is 1. The molecule has 2 aliphatic heterocycles. The Hall–Kier alpha value is -0.610. The molecule has 0 aromatic heterocycles. The Morgan fingerprint density at radius 2 is 1.94 bits per heavy atom. The predicted molar refractivity (Wildman–Crippen MR) is 71.7 cm³/mol. The van der Waals surface area contributed by atoms with Gasteiger partial charge in [-0.25, -0.2) is 0 Å². The van der Waals surface area contributed by atoms with E-state index in [1.54, 1.807) is 0 Å². The van der Waals surface area contributed by atoms with Gasteiger partial charge in [0.15, 0.2) is 0 Å². The zero-order chi connectivity index (χ0) is 13.0. The topological polar surface area (TPSA) is 43.8 Å². The van der Waals surface area contributed by atoms with Gasteiger partial charge in [-0.3, -0.25) is 9.69 Å². The van der Waals surface area contributed by atoms with Gasteiger partial charge < -0.3 is 10.0 Å². The lowest BCUT2D eigenvalue weighted by Gasteiger charge is -2.36. The molecule has 2 fully saturated rings. The number of likely N-dealkylation sites (tertiary alicyclic amines) is 2. The van der Waals surface area contributed by atoms with Gasteiger partial charge in [-0.1, -0.05) is 6.92 Å². The molecule has 4 heteroatoms. The third-order valence-electron chi connectivity index (χ3n) is 4.56. The van der Waals surface area contributed by atoms with Crippen molar-refractivity contribution < 1.29 is 9.90 Å². The fourth-order valence-corrected chi connectivity index (χ4v) is 3.36. The second-order valence-corrected chi connectivity index (χ2v) is 5.69. The molecule has 2 rings (SSSR count). The van der Waals surface area contributed by atoms with Gasteiger partial charge in [-0.05, 0) is 58.3 Å². The van der Waals surface area contributed by atoms with Gasteiger partial charge in [-0.2, -0.15) is 0 Å². The minimum Gasteiger partial charge on any atom is -0.481 e. The van der Waals surface area contributed by atoms with E-state index >= 15 is 0 Å². The monoisotopic (exact) mass is 254 g/mol. The fourth-order valence-electron chi connectivity index (χ4n) is 3.36. The van der Waals surface area contributed by atoms with E-state index in [9.17, 15) is 4.79 Å². The van der Waals surface area contributed by atoms with Crippen molar-refractivity contribution in [3.8, 4) is 0 Å². The summed E-state index contributed by atoms with van der Waals surface area (Å²) in [5.41, 5.74) is 0. The second-order valence-electron chi connectivity index (χ2n) is 5.69. The largest absolute Gasteiger partial charge is 0.481 e. The zero-order valence-corrected chi connectivity index (χ0v) is 11.5. The molecule has 1 N–H and O–H groups in total. The molecular weight excluding hydrogens is 228 g/mol. The number of hydrogen-bond donors (Lipinski definition) is 1. The average Bonchev–Trinajstić information content (AvgIpc) is 2.64. The first-order chi connectivity index (χ1) is 8.70. The molecule has 0 spiro atoms. The molecule has 0 aromatic carbocycles. The highest BCUT2D eigenvalue weighted by Crippen LogP contribution is 2.24. The van der Waals surface area contributed by atoms with Crippen LogP contribution in [0.15, 0.2) is 0 Å². The van der Waals surface area contributed by atoms with Crippen LogP contribution in [0, 0.1) is 5.92 Å². The third kappa shape index (κ3) is 3.45. The van der Waals surface area contributed by atoms with Gasteiger partial charge in [0.1, 0.15) is 0 Å². The summed E-state index contributed by atoms with van der Waals surface area (Å²) in [6.07, 6.45) is 5.61. The van der Waals surface area contributed by atoms with Gasteiger partial charge in [0.2, 0.25) is 0 Å². The lowest BCUT2D eigenvalue weighted by molar-refractivity contribution is -0.144. The van der Waals surface area contributed by atoms with E-state index in [4.69, 9.17) is 5.11 Å². The van der Waals surface area contributed by atoms with Gasteiger partial charge in [0.25, 0.3) is 0 Å². The first-order valence-corrected chi connectivity index (χ1v) is 7.40. The molecule has 0 bridgehead atoms. The molecular formula is C14H26N2O2. The van der Waals surface area contributed by atoms with Crippen molar-refractivity contribution in [2.75, 3.05) is 32.7 Å². The summed E-state index contributed by atoms with van der Waals surface area (Å²) >= 11 is 0. The number of carboxylic acid groups (broad SMARTS) is 1. The maximum Gasteiger partial charge on any atom is 0.307 e. The van der Waals surface area contributed by atoms with Crippen LogP contribution in [0.1, 0.15) is 39.0 Å². The molecule has 2 heterocycles. The summed E-state index contributed by atoms with van der Waals surface area (Å²) in [6, 6.07) is 0.615. The van der Waals surface area contributed by atoms with E-state index in [-0.39, 0.29) is 5.92 Å². The van der Waals surface area contributed by atoms with E-state index in [0.717, 1.165) is 32.5 Å². The van der Waals surface area contributed by atoms with Crippen LogP contribution in [0.2, 0.25) is 0 Å². The fraction of sp³-hybridized carbons (Fsp3) is 0.929. The van der Waals surface area contributed by atoms with Crippen molar-refractivity contribution in [3.05, 3.63) is 0 Å². The van der Waals surface area contributed by atoms with E-state index in [1.165, 1.54) is 32.4 Å². The van der Waals surface area contributed by atoms with Crippen LogP contribution in [-0.2, 0) is 4.79 Å². The number of hydrogen-bond acceptors (Lipinski definition) is 3. The van der Waals surface area contributed by atoms with Crippen LogP contribution in [0.4, 0.5) is 0 Å². The van der Waals surface area contributed by atoms with E-state index < -0.39 is 5.97 Å². The highest BCUT2D eigenvalue weighted by Gasteiger charge is 2.30. The van der Waals surface area contributed by atoms with Gasteiger partial charge >= 0.3 is 5.97 Å². The number of nitrogens with zero attached hydrogens (tertiary/aromatic N) is 2. The number of carbonyl (C=O) groups is 1. The van der Waals surface area contributed by atoms with E-state index in [1.807, 2.05) is 0 Å². The Labute approximate surface area is 110 Å². The smallest absolute Gasteiger partial charge is 0.307 e. The minimum atomic E-state index is -0.608. The van der Waals surface area contributed by atoms with Crippen LogP contribution in [0.3, 0.4) is 0 Å². The molecule has 104 valence electrons. The SMILES string of the molecule is CCN1CCCC(N2CCCC(C(=O)O)C2)CC1. The molecule has 2 atom stereocenters. The van der Waals surface area contributed by atoms with Crippen LogP contribution < -0.4 is 0 Å². The maximum atomic E-state index is 11.1. The molecule has 2 saturated heterocycles. The van der Waals surface area contributed by atoms with E-state index in [2.05, 4.69) is 16.7 Å². The van der Waals surface area contributed by atoms with Crippen molar-refractivity contribution in [1.82, 2.24) is 9.80 Å².